The molecule has 2 aromatic carbocycles. The van der Waals surface area contributed by atoms with Gasteiger partial charge in [0.2, 0.25) is 15.9 Å². The number of benzene rings is 2. The number of methoxy groups -OCH3 is 1. The maximum Gasteiger partial charge on any atom is 0.246 e. The highest BCUT2D eigenvalue weighted by Crippen LogP contribution is 2.32. The second kappa shape index (κ2) is 8.47. The average Bonchev–Trinajstić information content (AvgIpc) is 2.55. The Labute approximate surface area is 155 Å². The fourth-order valence-corrected chi connectivity index (χ4v) is 2.24. The molecule has 0 fully saturated rings. The van der Waals surface area contributed by atoms with Crippen molar-refractivity contribution in [3.05, 3.63) is 60.2 Å². The molecule has 7 heteroatoms. The van der Waals surface area contributed by atoms with Gasteiger partial charge in [-0.05, 0) is 29.8 Å². The SMILES string of the molecule is COc1ccc(O[C@@H](NC(=O)Cc2ccccc2)C(Cl)(Cl)Cl)cc1. The molecule has 0 saturated carbocycles. The summed E-state index contributed by atoms with van der Waals surface area (Å²) >= 11 is 17.8. The van der Waals surface area contributed by atoms with Crippen LogP contribution in [0.25, 0.3) is 0 Å². The van der Waals surface area contributed by atoms with Gasteiger partial charge in [0.15, 0.2) is 0 Å². The quantitative estimate of drug-likeness (QED) is 0.598. The number of hydrogen-bond donors (Lipinski definition) is 1. The standard InChI is InChI=1S/C17H16Cl3NO3/c1-23-13-7-9-14(10-8-13)24-16(17(18,19)20)21-15(22)11-12-5-3-2-4-6-12/h2-10,16H,11H2,1H3,(H,21,22)/t16-/m1/s1. The maximum absolute atomic E-state index is 12.2. The van der Waals surface area contributed by atoms with Crippen molar-refractivity contribution in [3.8, 4) is 11.5 Å². The Hall–Kier alpha value is -1.62. The van der Waals surface area contributed by atoms with Gasteiger partial charge in [-0.1, -0.05) is 65.1 Å². The second-order valence-corrected chi connectivity index (χ2v) is 7.31. The van der Waals surface area contributed by atoms with Crippen molar-refractivity contribution in [1.82, 2.24) is 5.32 Å². The summed E-state index contributed by atoms with van der Waals surface area (Å²) in [6.45, 7) is 0. The predicted octanol–water partition coefficient (Wildman–Crippen LogP) is 4.13. The summed E-state index contributed by atoms with van der Waals surface area (Å²) in [6.07, 6.45) is -0.976. The molecule has 1 N–H and O–H groups in total. The first kappa shape index (κ1) is 18.7. The minimum absolute atomic E-state index is 0.157. The summed E-state index contributed by atoms with van der Waals surface area (Å²) in [7, 11) is 1.56. The highest BCUT2D eigenvalue weighted by Gasteiger charge is 2.36. The molecular formula is C17H16Cl3NO3. The summed E-state index contributed by atoms with van der Waals surface area (Å²) in [5, 5.41) is 2.59. The highest BCUT2D eigenvalue weighted by molar-refractivity contribution is 6.68. The molecule has 0 radical (unpaired) electrons. The molecule has 0 spiro atoms. The van der Waals surface area contributed by atoms with Crippen LogP contribution in [-0.2, 0) is 11.2 Å². The van der Waals surface area contributed by atoms with Crippen molar-refractivity contribution in [2.45, 2.75) is 16.4 Å². The van der Waals surface area contributed by atoms with E-state index in [0.29, 0.717) is 11.5 Å². The van der Waals surface area contributed by atoms with Gasteiger partial charge >= 0.3 is 0 Å². The lowest BCUT2D eigenvalue weighted by Crippen LogP contribution is -2.48. The van der Waals surface area contributed by atoms with Crippen LogP contribution in [0, 0.1) is 0 Å². The third-order valence-electron chi connectivity index (χ3n) is 3.11. The molecule has 24 heavy (non-hydrogen) atoms. The number of ether oxygens (including phenoxy) is 2. The van der Waals surface area contributed by atoms with Crippen LogP contribution in [-0.4, -0.2) is 23.0 Å². The van der Waals surface area contributed by atoms with Crippen molar-refractivity contribution in [1.29, 1.82) is 0 Å². The van der Waals surface area contributed by atoms with Crippen molar-refractivity contribution >= 4 is 40.7 Å². The van der Waals surface area contributed by atoms with Crippen LogP contribution in [0.2, 0.25) is 0 Å². The molecule has 4 nitrogen and oxygen atoms in total. The summed E-state index contributed by atoms with van der Waals surface area (Å²) in [4.78, 5) is 12.2. The Kier molecular flexibility index (Phi) is 6.60. The van der Waals surface area contributed by atoms with Crippen LogP contribution >= 0.6 is 34.8 Å². The van der Waals surface area contributed by atoms with E-state index in [4.69, 9.17) is 44.3 Å². The van der Waals surface area contributed by atoms with Crippen LogP contribution in [0.15, 0.2) is 54.6 Å². The van der Waals surface area contributed by atoms with E-state index in [1.165, 1.54) is 0 Å². The third kappa shape index (κ3) is 5.78. The van der Waals surface area contributed by atoms with Gasteiger partial charge in [-0.2, -0.15) is 0 Å². The molecule has 1 atom stereocenters. The number of amides is 1. The van der Waals surface area contributed by atoms with Gasteiger partial charge in [0.1, 0.15) is 11.5 Å². The largest absolute Gasteiger partial charge is 0.497 e. The Bertz CT molecular complexity index is 657. The molecule has 0 aliphatic heterocycles. The first-order valence-electron chi connectivity index (χ1n) is 7.09. The molecule has 0 heterocycles. The lowest BCUT2D eigenvalue weighted by atomic mass is 10.1. The number of alkyl halides is 3. The summed E-state index contributed by atoms with van der Waals surface area (Å²) < 4.78 is 8.85. The van der Waals surface area contributed by atoms with E-state index in [9.17, 15) is 4.79 Å². The Morgan fingerprint density at radius 1 is 1.04 bits per heavy atom. The fourth-order valence-electron chi connectivity index (χ4n) is 1.95. The maximum atomic E-state index is 12.2. The number of hydrogen-bond acceptors (Lipinski definition) is 3. The van der Waals surface area contributed by atoms with Gasteiger partial charge in [-0.15, -0.1) is 0 Å². The molecule has 2 rings (SSSR count). The number of carbonyl (C=O) groups is 1. The molecule has 128 valence electrons. The normalized spacial score (nSPS) is 12.3. The van der Waals surface area contributed by atoms with E-state index in [0.717, 1.165) is 5.56 Å². The topological polar surface area (TPSA) is 47.6 Å². The summed E-state index contributed by atoms with van der Waals surface area (Å²) in [6, 6.07) is 16.0. The van der Waals surface area contributed by atoms with Gasteiger partial charge < -0.3 is 14.8 Å². The average molecular weight is 389 g/mol. The van der Waals surface area contributed by atoms with E-state index >= 15 is 0 Å². The van der Waals surface area contributed by atoms with Gasteiger partial charge in [-0.3, -0.25) is 4.79 Å². The lowest BCUT2D eigenvalue weighted by molar-refractivity contribution is -0.122. The molecule has 0 saturated heterocycles. The monoisotopic (exact) mass is 387 g/mol. The first-order valence-corrected chi connectivity index (χ1v) is 8.22. The molecule has 0 aliphatic rings. The number of nitrogens with one attached hydrogen (secondary N) is 1. The molecule has 1 amide bonds. The van der Waals surface area contributed by atoms with Crippen LogP contribution < -0.4 is 14.8 Å². The minimum atomic E-state index is -1.83. The van der Waals surface area contributed by atoms with Crippen molar-refractivity contribution in [2.75, 3.05) is 7.11 Å². The third-order valence-corrected chi connectivity index (χ3v) is 3.70. The van der Waals surface area contributed by atoms with E-state index in [1.807, 2.05) is 30.3 Å². The number of rotatable bonds is 6. The predicted molar refractivity (Wildman–Crippen MR) is 96.0 cm³/mol. The highest BCUT2D eigenvalue weighted by atomic mass is 35.6. The first-order chi connectivity index (χ1) is 11.4. The van der Waals surface area contributed by atoms with E-state index in [1.54, 1.807) is 31.4 Å². The van der Waals surface area contributed by atoms with Crippen LogP contribution in [0.1, 0.15) is 5.56 Å². The Morgan fingerprint density at radius 3 is 2.17 bits per heavy atom. The molecule has 0 aliphatic carbocycles. The Balaban J connectivity index is 2.03. The molecular weight excluding hydrogens is 373 g/mol. The van der Waals surface area contributed by atoms with Crippen molar-refractivity contribution in [3.63, 3.8) is 0 Å². The smallest absolute Gasteiger partial charge is 0.246 e. The van der Waals surface area contributed by atoms with E-state index in [2.05, 4.69) is 5.32 Å². The zero-order chi connectivity index (χ0) is 17.6. The molecule has 0 aromatic heterocycles. The lowest BCUT2D eigenvalue weighted by Gasteiger charge is -2.26. The van der Waals surface area contributed by atoms with Gasteiger partial charge in [0.05, 0.1) is 13.5 Å². The molecule has 0 unspecified atom stereocenters. The Morgan fingerprint density at radius 2 is 1.62 bits per heavy atom. The molecule has 2 aromatic rings. The van der Waals surface area contributed by atoms with Crippen LogP contribution in [0.3, 0.4) is 0 Å². The van der Waals surface area contributed by atoms with Crippen molar-refractivity contribution < 1.29 is 14.3 Å². The van der Waals surface area contributed by atoms with Crippen molar-refractivity contribution in [2.24, 2.45) is 0 Å². The van der Waals surface area contributed by atoms with E-state index in [-0.39, 0.29) is 12.3 Å². The fraction of sp³-hybridized carbons (Fsp3) is 0.235. The van der Waals surface area contributed by atoms with Gasteiger partial charge in [0.25, 0.3) is 0 Å². The van der Waals surface area contributed by atoms with Gasteiger partial charge in [-0.25, -0.2) is 0 Å². The van der Waals surface area contributed by atoms with E-state index < -0.39 is 10.0 Å². The minimum Gasteiger partial charge on any atom is -0.497 e. The van der Waals surface area contributed by atoms with Crippen LogP contribution in [0.4, 0.5) is 0 Å². The summed E-state index contributed by atoms with van der Waals surface area (Å²) in [5.74, 6) is 0.791. The number of halogens is 3. The number of carbonyl (C=O) groups excluding carboxylic acids is 1. The van der Waals surface area contributed by atoms with Crippen LogP contribution in [0.5, 0.6) is 11.5 Å². The second-order valence-electron chi connectivity index (χ2n) is 4.94. The zero-order valence-corrected chi connectivity index (χ0v) is 15.1. The molecule has 0 bridgehead atoms. The summed E-state index contributed by atoms with van der Waals surface area (Å²) in [5.41, 5.74) is 0.850. The zero-order valence-electron chi connectivity index (χ0n) is 12.8. The van der Waals surface area contributed by atoms with Gasteiger partial charge in [0, 0.05) is 0 Å².